The zero-order valence-corrected chi connectivity index (χ0v) is 18.3. The van der Waals surface area contributed by atoms with Crippen LogP contribution < -0.4 is 10.9 Å². The molecule has 0 spiro atoms. The number of nitrogens with one attached hydrogen (secondary N) is 1. The average molecular weight is 417 g/mol. The predicted octanol–water partition coefficient (Wildman–Crippen LogP) is 3.77. The highest BCUT2D eigenvalue weighted by atomic mass is 16.5. The molecule has 1 aromatic rings. The molecule has 30 heavy (non-hydrogen) atoms. The molecule has 3 rings (SSSR count). The molecule has 2 aliphatic carbocycles. The molecule has 166 valence electrons. The summed E-state index contributed by atoms with van der Waals surface area (Å²) in [6, 6.07) is 1.84. The minimum absolute atomic E-state index is 0.148. The zero-order valence-electron chi connectivity index (χ0n) is 18.3. The van der Waals surface area contributed by atoms with Gasteiger partial charge < -0.3 is 14.6 Å². The summed E-state index contributed by atoms with van der Waals surface area (Å²) in [6.45, 7) is 1.09. The molecule has 0 aromatic carbocycles. The molecule has 1 aromatic heterocycles. The maximum Gasteiger partial charge on any atom is 0.305 e. The number of rotatable bonds is 7. The number of nitrogens with zero attached hydrogens (tertiary/aromatic N) is 1. The number of ether oxygens (including phenoxy) is 1. The number of pyridine rings is 1. The molecule has 0 aliphatic heterocycles. The maximum atomic E-state index is 13.4. The summed E-state index contributed by atoms with van der Waals surface area (Å²) < 4.78 is 6.57. The van der Waals surface area contributed by atoms with Gasteiger partial charge in [-0.1, -0.05) is 32.1 Å². The van der Waals surface area contributed by atoms with E-state index in [1.807, 2.05) is 10.6 Å². The number of aromatic nitrogens is 1. The van der Waals surface area contributed by atoms with Crippen molar-refractivity contribution < 1.29 is 14.3 Å². The topological polar surface area (TPSA) is 77.4 Å². The third-order valence-electron chi connectivity index (χ3n) is 6.58. The lowest BCUT2D eigenvalue weighted by Gasteiger charge is -2.26. The van der Waals surface area contributed by atoms with Crippen molar-refractivity contribution in [3.8, 4) is 0 Å². The largest absolute Gasteiger partial charge is 0.469 e. The van der Waals surface area contributed by atoms with Crippen LogP contribution in [0.4, 0.5) is 0 Å². The third-order valence-corrected chi connectivity index (χ3v) is 6.58. The molecule has 0 bridgehead atoms. The fraction of sp³-hybridized carbons (Fsp3) is 0.708. The smallest absolute Gasteiger partial charge is 0.305 e. The first-order valence-corrected chi connectivity index (χ1v) is 11.7. The van der Waals surface area contributed by atoms with E-state index in [0.29, 0.717) is 18.9 Å². The highest BCUT2D eigenvalue weighted by molar-refractivity contribution is 5.94. The number of carbonyl (C=O) groups is 2. The van der Waals surface area contributed by atoms with Gasteiger partial charge in [-0.25, -0.2) is 0 Å². The summed E-state index contributed by atoms with van der Waals surface area (Å²) in [7, 11) is 1.35. The molecule has 0 atom stereocenters. The first-order valence-electron chi connectivity index (χ1n) is 11.7. The zero-order chi connectivity index (χ0) is 21.3. The van der Waals surface area contributed by atoms with E-state index >= 15 is 0 Å². The highest BCUT2D eigenvalue weighted by Crippen LogP contribution is 2.27. The molecule has 0 unspecified atom stereocenters. The van der Waals surface area contributed by atoms with Gasteiger partial charge in [0, 0.05) is 25.2 Å². The molecule has 2 aliphatic rings. The Bertz CT molecular complexity index is 793. The Morgan fingerprint density at radius 2 is 1.77 bits per heavy atom. The Labute approximate surface area is 179 Å². The van der Waals surface area contributed by atoms with Gasteiger partial charge in [-0.3, -0.25) is 14.4 Å². The van der Waals surface area contributed by atoms with Crippen molar-refractivity contribution in [1.29, 1.82) is 0 Å². The van der Waals surface area contributed by atoms with Crippen LogP contribution in [-0.2, 0) is 28.9 Å². The van der Waals surface area contributed by atoms with Gasteiger partial charge in [0.1, 0.15) is 5.56 Å². The number of aryl methyl sites for hydroxylation is 1. The van der Waals surface area contributed by atoms with Crippen molar-refractivity contribution in [2.24, 2.45) is 5.92 Å². The lowest BCUT2D eigenvalue weighted by Crippen LogP contribution is -2.37. The van der Waals surface area contributed by atoms with Crippen molar-refractivity contribution >= 4 is 11.9 Å². The normalized spacial score (nSPS) is 17.5. The molecule has 1 heterocycles. The monoisotopic (exact) mass is 416 g/mol. The summed E-state index contributed by atoms with van der Waals surface area (Å²) in [5.41, 5.74) is 2.44. The summed E-state index contributed by atoms with van der Waals surface area (Å²) in [4.78, 5) is 37.4. The Morgan fingerprint density at radius 3 is 2.50 bits per heavy atom. The summed E-state index contributed by atoms with van der Waals surface area (Å²) in [5, 5.41) is 2.82. The Hall–Kier alpha value is -2.11. The van der Waals surface area contributed by atoms with Crippen molar-refractivity contribution in [3.63, 3.8) is 0 Å². The summed E-state index contributed by atoms with van der Waals surface area (Å²) >= 11 is 0. The van der Waals surface area contributed by atoms with Crippen LogP contribution in [0.5, 0.6) is 0 Å². The second-order valence-electron chi connectivity index (χ2n) is 8.80. The van der Waals surface area contributed by atoms with Crippen LogP contribution in [0.1, 0.15) is 92.2 Å². The summed E-state index contributed by atoms with van der Waals surface area (Å²) in [6.07, 6.45) is 13.4. The Kier molecular flexibility index (Phi) is 8.52. The second kappa shape index (κ2) is 11.3. The van der Waals surface area contributed by atoms with E-state index < -0.39 is 0 Å². The van der Waals surface area contributed by atoms with Crippen molar-refractivity contribution in [2.45, 2.75) is 90.0 Å². The third kappa shape index (κ3) is 5.96. The first kappa shape index (κ1) is 22.6. The van der Waals surface area contributed by atoms with E-state index in [1.165, 1.54) is 57.6 Å². The van der Waals surface area contributed by atoms with Crippen LogP contribution >= 0.6 is 0 Å². The molecule has 1 fully saturated rings. The standard InChI is InChI=1S/C24H36N2O4/c1-30-22(27)14-9-15-25-23(28)20-16-19-12-7-2-3-8-13-21(19)26(24(20)29)17-18-10-5-4-6-11-18/h16,18H,2-15,17H2,1H3,(H,25,28). The van der Waals surface area contributed by atoms with Crippen molar-refractivity contribution in [1.82, 2.24) is 9.88 Å². The van der Waals surface area contributed by atoms with E-state index in [0.717, 1.165) is 37.9 Å². The van der Waals surface area contributed by atoms with E-state index in [9.17, 15) is 14.4 Å². The van der Waals surface area contributed by atoms with E-state index in [4.69, 9.17) is 0 Å². The van der Waals surface area contributed by atoms with Crippen LogP contribution in [0.15, 0.2) is 10.9 Å². The number of carbonyl (C=O) groups excluding carboxylic acids is 2. The van der Waals surface area contributed by atoms with Crippen LogP contribution in [0.25, 0.3) is 0 Å². The lowest BCUT2D eigenvalue weighted by atomic mass is 9.88. The number of fused-ring (bicyclic) bond motifs is 1. The van der Waals surface area contributed by atoms with Gasteiger partial charge in [0.15, 0.2) is 0 Å². The number of amides is 1. The second-order valence-corrected chi connectivity index (χ2v) is 8.80. The van der Waals surface area contributed by atoms with Crippen molar-refractivity contribution in [3.05, 3.63) is 33.2 Å². The molecule has 0 saturated heterocycles. The molecule has 1 amide bonds. The molecule has 0 radical (unpaired) electrons. The summed E-state index contributed by atoms with van der Waals surface area (Å²) in [5.74, 6) is -0.0864. The van der Waals surface area contributed by atoms with Gasteiger partial charge >= 0.3 is 5.97 Å². The predicted molar refractivity (Wildman–Crippen MR) is 117 cm³/mol. The lowest BCUT2D eigenvalue weighted by molar-refractivity contribution is -0.140. The minimum Gasteiger partial charge on any atom is -0.469 e. The highest BCUT2D eigenvalue weighted by Gasteiger charge is 2.23. The quantitative estimate of drug-likeness (QED) is 0.542. The van der Waals surface area contributed by atoms with Crippen LogP contribution in [0.3, 0.4) is 0 Å². The SMILES string of the molecule is COC(=O)CCCNC(=O)c1cc2c(n(CC3CCCCC3)c1=O)CCCCCC2. The number of hydrogen-bond donors (Lipinski definition) is 1. The fourth-order valence-electron chi connectivity index (χ4n) is 4.85. The number of methoxy groups -OCH3 is 1. The Morgan fingerprint density at radius 1 is 1.07 bits per heavy atom. The molecular weight excluding hydrogens is 380 g/mol. The fourth-order valence-corrected chi connectivity index (χ4v) is 4.85. The van der Waals surface area contributed by atoms with E-state index in [1.54, 1.807) is 0 Å². The van der Waals surface area contributed by atoms with Gasteiger partial charge in [0.2, 0.25) is 0 Å². The Balaban J connectivity index is 1.82. The molecule has 6 nitrogen and oxygen atoms in total. The molecule has 6 heteroatoms. The van der Waals surface area contributed by atoms with Crippen molar-refractivity contribution in [2.75, 3.05) is 13.7 Å². The minimum atomic E-state index is -0.327. The first-order chi connectivity index (χ1) is 14.6. The molecular formula is C24H36N2O4. The van der Waals surface area contributed by atoms with Gasteiger partial charge in [0.25, 0.3) is 11.5 Å². The van der Waals surface area contributed by atoms with Crippen LogP contribution in [-0.4, -0.2) is 30.1 Å². The maximum absolute atomic E-state index is 13.4. The van der Waals surface area contributed by atoms with Gasteiger partial charge in [-0.05, 0) is 62.5 Å². The average Bonchev–Trinajstić information content (AvgIpc) is 2.74. The number of esters is 1. The van der Waals surface area contributed by atoms with E-state index in [2.05, 4.69) is 10.1 Å². The van der Waals surface area contributed by atoms with Crippen LogP contribution in [0.2, 0.25) is 0 Å². The van der Waals surface area contributed by atoms with Gasteiger partial charge in [-0.15, -0.1) is 0 Å². The van der Waals surface area contributed by atoms with E-state index in [-0.39, 0.29) is 29.4 Å². The van der Waals surface area contributed by atoms with Crippen LogP contribution in [0, 0.1) is 5.92 Å². The van der Waals surface area contributed by atoms with Gasteiger partial charge in [-0.2, -0.15) is 0 Å². The molecule has 1 N–H and O–H groups in total. The van der Waals surface area contributed by atoms with Gasteiger partial charge in [0.05, 0.1) is 7.11 Å². The number of hydrogen-bond acceptors (Lipinski definition) is 4. The molecule has 1 saturated carbocycles.